The first-order valence-corrected chi connectivity index (χ1v) is 9.32. The number of nitrogens with zero attached hydrogens (tertiary/aromatic N) is 2. The summed E-state index contributed by atoms with van der Waals surface area (Å²) >= 11 is 5.68. The van der Waals surface area contributed by atoms with Gasteiger partial charge in [-0.2, -0.15) is 5.10 Å². The van der Waals surface area contributed by atoms with E-state index >= 15 is 0 Å². The zero-order valence-electron chi connectivity index (χ0n) is 13.1. The Balaban J connectivity index is 1.89. The lowest BCUT2D eigenvalue weighted by molar-refractivity contribution is -0.123. The number of ether oxygens (including phenoxy) is 2. The Morgan fingerprint density at radius 1 is 1.50 bits per heavy atom. The van der Waals surface area contributed by atoms with Crippen molar-refractivity contribution in [1.82, 2.24) is 10.3 Å². The molecule has 1 amide bonds. The van der Waals surface area contributed by atoms with Crippen LogP contribution >= 0.6 is 38.5 Å². The molecule has 130 valence electrons. The maximum absolute atomic E-state index is 11.9. The summed E-state index contributed by atoms with van der Waals surface area (Å²) in [6.07, 6.45) is 3.31. The highest BCUT2D eigenvalue weighted by molar-refractivity contribution is 14.1. The van der Waals surface area contributed by atoms with Gasteiger partial charge in [-0.1, -0.05) is 12.7 Å². The van der Waals surface area contributed by atoms with Gasteiger partial charge in [0.2, 0.25) is 0 Å². The highest BCUT2D eigenvalue weighted by Gasteiger charge is 2.13. The Hall–Kier alpha value is -0.970. The summed E-state index contributed by atoms with van der Waals surface area (Å²) in [5.41, 5.74) is 3.42. The lowest BCUT2D eigenvalue weighted by Gasteiger charge is -2.25. The second kappa shape index (κ2) is 10.1. The van der Waals surface area contributed by atoms with Gasteiger partial charge in [0.15, 0.2) is 0 Å². The van der Waals surface area contributed by atoms with Crippen LogP contribution in [0.15, 0.2) is 34.4 Å². The molecule has 24 heavy (non-hydrogen) atoms. The van der Waals surface area contributed by atoms with E-state index in [0.717, 1.165) is 32.4 Å². The molecule has 0 aliphatic carbocycles. The van der Waals surface area contributed by atoms with Crippen molar-refractivity contribution in [2.24, 2.45) is 5.10 Å². The average molecular weight is 508 g/mol. The number of morpholine rings is 1. The van der Waals surface area contributed by atoms with E-state index in [9.17, 15) is 4.79 Å². The second-order valence-corrected chi connectivity index (χ2v) is 7.11. The van der Waals surface area contributed by atoms with Crippen molar-refractivity contribution in [3.05, 3.63) is 38.4 Å². The molecule has 1 aliphatic rings. The van der Waals surface area contributed by atoms with Crippen LogP contribution in [-0.4, -0.2) is 56.5 Å². The molecule has 0 saturated carbocycles. The molecule has 1 fully saturated rings. The van der Waals surface area contributed by atoms with Crippen molar-refractivity contribution in [2.75, 3.05) is 39.5 Å². The Kier molecular flexibility index (Phi) is 8.16. The van der Waals surface area contributed by atoms with Gasteiger partial charge in [-0.05, 0) is 56.2 Å². The van der Waals surface area contributed by atoms with Gasteiger partial charge >= 0.3 is 0 Å². The quantitative estimate of drug-likeness (QED) is 0.266. The maximum Gasteiger partial charge on any atom is 0.254 e. The molecule has 0 atom stereocenters. The van der Waals surface area contributed by atoms with E-state index in [1.165, 1.54) is 0 Å². The van der Waals surface area contributed by atoms with Crippen LogP contribution in [0.4, 0.5) is 0 Å². The van der Waals surface area contributed by atoms with E-state index in [-0.39, 0.29) is 5.91 Å². The van der Waals surface area contributed by atoms with E-state index in [1.807, 2.05) is 17.0 Å². The zero-order chi connectivity index (χ0) is 17.4. The first-order valence-electron chi connectivity index (χ1n) is 7.45. The fourth-order valence-corrected chi connectivity index (χ4v) is 3.88. The van der Waals surface area contributed by atoms with Crippen LogP contribution < -0.4 is 10.2 Å². The van der Waals surface area contributed by atoms with Crippen molar-refractivity contribution in [1.29, 1.82) is 0 Å². The topological polar surface area (TPSA) is 63.2 Å². The van der Waals surface area contributed by atoms with Gasteiger partial charge in [0.1, 0.15) is 12.4 Å². The molecule has 1 heterocycles. The van der Waals surface area contributed by atoms with Gasteiger partial charge in [-0.3, -0.25) is 9.69 Å². The molecule has 1 aliphatic heterocycles. The van der Waals surface area contributed by atoms with Crippen molar-refractivity contribution in [2.45, 2.75) is 0 Å². The summed E-state index contributed by atoms with van der Waals surface area (Å²) in [5, 5.41) is 4.02. The largest absolute Gasteiger partial charge is 0.487 e. The number of hydrogen-bond acceptors (Lipinski definition) is 5. The molecule has 2 rings (SSSR count). The predicted molar refractivity (Wildman–Crippen MR) is 106 cm³/mol. The molecule has 0 spiro atoms. The lowest BCUT2D eigenvalue weighted by Crippen LogP contribution is -2.42. The van der Waals surface area contributed by atoms with Gasteiger partial charge in [0, 0.05) is 13.1 Å². The number of amides is 1. The van der Waals surface area contributed by atoms with Crippen molar-refractivity contribution < 1.29 is 14.3 Å². The first kappa shape index (κ1) is 19.4. The molecule has 1 aromatic rings. The summed E-state index contributed by atoms with van der Waals surface area (Å²) < 4.78 is 12.6. The van der Waals surface area contributed by atoms with Gasteiger partial charge < -0.3 is 9.47 Å². The highest BCUT2D eigenvalue weighted by Crippen LogP contribution is 2.31. The van der Waals surface area contributed by atoms with E-state index in [0.29, 0.717) is 26.4 Å². The Labute approximate surface area is 163 Å². The summed E-state index contributed by atoms with van der Waals surface area (Å²) in [5.74, 6) is 0.636. The van der Waals surface area contributed by atoms with E-state index in [1.54, 1.807) is 12.3 Å². The van der Waals surface area contributed by atoms with E-state index in [2.05, 4.69) is 55.6 Å². The summed E-state index contributed by atoms with van der Waals surface area (Å²) in [6, 6.07) is 3.82. The van der Waals surface area contributed by atoms with Crippen molar-refractivity contribution in [3.63, 3.8) is 0 Å². The maximum atomic E-state index is 11.9. The Bertz CT molecular complexity index is 596. The number of hydrogen-bond donors (Lipinski definition) is 1. The SMILES string of the molecule is C=CCOc1c(Br)cc(/C=N/NC(=O)CN2CCOCC2)cc1I. The molecule has 1 saturated heterocycles. The number of carbonyl (C=O) groups is 1. The van der Waals surface area contributed by atoms with Crippen LogP contribution in [0.1, 0.15) is 5.56 Å². The smallest absolute Gasteiger partial charge is 0.254 e. The Morgan fingerprint density at radius 3 is 2.92 bits per heavy atom. The van der Waals surface area contributed by atoms with Gasteiger partial charge in [-0.15, -0.1) is 0 Å². The molecule has 6 nitrogen and oxygen atoms in total. The van der Waals surface area contributed by atoms with Crippen LogP contribution in [0.25, 0.3) is 0 Å². The van der Waals surface area contributed by atoms with E-state index < -0.39 is 0 Å². The third-order valence-corrected chi connectivity index (χ3v) is 4.63. The predicted octanol–water partition coefficient (Wildman–Crippen LogP) is 2.40. The first-order chi connectivity index (χ1) is 11.6. The second-order valence-electron chi connectivity index (χ2n) is 5.10. The number of nitrogens with one attached hydrogen (secondary N) is 1. The minimum absolute atomic E-state index is 0.132. The monoisotopic (exact) mass is 507 g/mol. The zero-order valence-corrected chi connectivity index (χ0v) is 16.9. The van der Waals surface area contributed by atoms with Crippen LogP contribution in [0.2, 0.25) is 0 Å². The summed E-state index contributed by atoms with van der Waals surface area (Å²) in [7, 11) is 0. The number of carbonyl (C=O) groups excluding carboxylic acids is 1. The van der Waals surface area contributed by atoms with Crippen molar-refractivity contribution >= 4 is 50.6 Å². The lowest BCUT2D eigenvalue weighted by atomic mass is 10.2. The molecule has 8 heteroatoms. The molecule has 0 aromatic heterocycles. The molecular formula is C16H19BrIN3O3. The third-order valence-electron chi connectivity index (χ3n) is 3.24. The van der Waals surface area contributed by atoms with E-state index in [4.69, 9.17) is 9.47 Å². The minimum atomic E-state index is -0.132. The van der Waals surface area contributed by atoms with Crippen LogP contribution in [0.3, 0.4) is 0 Å². The molecule has 0 radical (unpaired) electrons. The van der Waals surface area contributed by atoms with Crippen molar-refractivity contribution in [3.8, 4) is 5.75 Å². The number of halogens is 2. The van der Waals surface area contributed by atoms with Crippen LogP contribution in [-0.2, 0) is 9.53 Å². The highest BCUT2D eigenvalue weighted by atomic mass is 127. The van der Waals surface area contributed by atoms with Crippen LogP contribution in [0.5, 0.6) is 5.75 Å². The van der Waals surface area contributed by atoms with Crippen LogP contribution in [0, 0.1) is 3.57 Å². The molecule has 0 unspecified atom stereocenters. The third kappa shape index (κ3) is 6.15. The van der Waals surface area contributed by atoms with Gasteiger partial charge in [-0.25, -0.2) is 5.43 Å². The number of rotatable bonds is 7. The fraction of sp³-hybridized carbons (Fsp3) is 0.375. The van der Waals surface area contributed by atoms with Gasteiger partial charge in [0.25, 0.3) is 5.91 Å². The van der Waals surface area contributed by atoms with Gasteiger partial charge in [0.05, 0.1) is 34.0 Å². The Morgan fingerprint density at radius 2 is 2.25 bits per heavy atom. The fourth-order valence-electron chi connectivity index (χ4n) is 2.11. The standard InChI is InChI=1S/C16H19BrIN3O3/c1-2-5-24-16-13(17)8-12(9-14(16)18)10-19-20-15(22)11-21-3-6-23-7-4-21/h2,8-10H,1,3-7,11H2,(H,20,22)/b19-10+. The normalized spacial score (nSPS) is 15.4. The minimum Gasteiger partial charge on any atom is -0.487 e. The molecular weight excluding hydrogens is 489 g/mol. The summed E-state index contributed by atoms with van der Waals surface area (Å²) in [6.45, 7) is 7.29. The molecule has 1 N–H and O–H groups in total. The number of benzene rings is 1. The molecule has 1 aromatic carbocycles. The molecule has 0 bridgehead atoms. The summed E-state index contributed by atoms with van der Waals surface area (Å²) in [4.78, 5) is 13.9. The number of hydrazone groups is 1. The average Bonchev–Trinajstić information content (AvgIpc) is 2.55.